The zero-order valence-corrected chi connectivity index (χ0v) is 11.6. The van der Waals surface area contributed by atoms with E-state index in [4.69, 9.17) is 15.2 Å². The van der Waals surface area contributed by atoms with Crippen LogP contribution in [0.4, 0.5) is 0 Å². The Hall–Kier alpha value is -1.75. The van der Waals surface area contributed by atoms with Gasteiger partial charge in [0.15, 0.2) is 11.5 Å². The molecule has 0 aliphatic heterocycles. The van der Waals surface area contributed by atoms with Crippen LogP contribution in [0.15, 0.2) is 18.2 Å². The van der Waals surface area contributed by atoms with E-state index in [1.54, 1.807) is 14.2 Å². The van der Waals surface area contributed by atoms with E-state index >= 15 is 0 Å². The fourth-order valence-electron chi connectivity index (χ4n) is 1.87. The van der Waals surface area contributed by atoms with E-state index in [1.807, 2.05) is 18.2 Å². The summed E-state index contributed by atoms with van der Waals surface area (Å²) in [6.45, 7) is 1.55. The number of nitrogens with one attached hydrogen (secondary N) is 1. The highest BCUT2D eigenvalue weighted by molar-refractivity contribution is 5.73. The quantitative estimate of drug-likeness (QED) is 0.663. The predicted molar refractivity (Wildman–Crippen MR) is 74.3 cm³/mol. The van der Waals surface area contributed by atoms with Crippen LogP contribution in [0, 0.1) is 0 Å². The van der Waals surface area contributed by atoms with Crippen LogP contribution >= 0.6 is 0 Å². The first-order chi connectivity index (χ1) is 9.19. The van der Waals surface area contributed by atoms with Crippen LogP contribution in [0.3, 0.4) is 0 Å². The fraction of sp³-hybridized carbons (Fsp3) is 0.500. The van der Waals surface area contributed by atoms with Gasteiger partial charge in [0.05, 0.1) is 14.2 Å². The number of para-hydroxylation sites is 1. The molecule has 19 heavy (non-hydrogen) atoms. The molecule has 1 aromatic rings. The third-order valence-corrected chi connectivity index (χ3v) is 2.83. The third-order valence-electron chi connectivity index (χ3n) is 2.83. The lowest BCUT2D eigenvalue weighted by molar-refractivity contribution is -0.118. The molecule has 0 saturated carbocycles. The number of unbranched alkanes of at least 4 members (excludes halogenated alkanes) is 1. The molecule has 0 bridgehead atoms. The maximum Gasteiger partial charge on any atom is 0.217 e. The second-order valence-electron chi connectivity index (χ2n) is 4.25. The van der Waals surface area contributed by atoms with Gasteiger partial charge >= 0.3 is 0 Å². The van der Waals surface area contributed by atoms with E-state index in [-0.39, 0.29) is 5.91 Å². The molecule has 3 N–H and O–H groups in total. The molecule has 0 spiro atoms. The topological polar surface area (TPSA) is 73.6 Å². The van der Waals surface area contributed by atoms with Crippen molar-refractivity contribution < 1.29 is 14.3 Å². The number of rotatable bonds is 9. The SMILES string of the molecule is COc1cccc(CNCCCCC(N)=O)c1OC. The van der Waals surface area contributed by atoms with Crippen molar-refractivity contribution in [2.45, 2.75) is 25.8 Å². The molecule has 0 aliphatic carbocycles. The maximum absolute atomic E-state index is 10.6. The van der Waals surface area contributed by atoms with Crippen LogP contribution in [0.5, 0.6) is 11.5 Å². The molecule has 5 nitrogen and oxygen atoms in total. The zero-order chi connectivity index (χ0) is 14.1. The van der Waals surface area contributed by atoms with Gasteiger partial charge in [0, 0.05) is 18.5 Å². The van der Waals surface area contributed by atoms with Gasteiger partial charge in [-0.15, -0.1) is 0 Å². The van der Waals surface area contributed by atoms with Crippen LogP contribution in [0.25, 0.3) is 0 Å². The van der Waals surface area contributed by atoms with Gasteiger partial charge in [0.2, 0.25) is 5.91 Å². The molecule has 0 fully saturated rings. The predicted octanol–water partition coefficient (Wildman–Crippen LogP) is 1.45. The number of carbonyl (C=O) groups excluding carboxylic acids is 1. The van der Waals surface area contributed by atoms with Gasteiger partial charge in [0.1, 0.15) is 0 Å². The molecule has 0 heterocycles. The highest BCUT2D eigenvalue weighted by Crippen LogP contribution is 2.30. The lowest BCUT2D eigenvalue weighted by Crippen LogP contribution is -2.16. The molecule has 1 aromatic carbocycles. The molecule has 5 heteroatoms. The highest BCUT2D eigenvalue weighted by Gasteiger charge is 2.08. The molecule has 0 unspecified atom stereocenters. The fourth-order valence-corrected chi connectivity index (χ4v) is 1.87. The normalized spacial score (nSPS) is 10.2. The van der Waals surface area contributed by atoms with Gasteiger partial charge in [-0.3, -0.25) is 4.79 Å². The average molecular weight is 266 g/mol. The summed E-state index contributed by atoms with van der Waals surface area (Å²) in [5.41, 5.74) is 6.13. The highest BCUT2D eigenvalue weighted by atomic mass is 16.5. The Morgan fingerprint density at radius 3 is 2.68 bits per heavy atom. The summed E-state index contributed by atoms with van der Waals surface area (Å²) in [6, 6.07) is 5.80. The standard InChI is InChI=1S/C14H22N2O3/c1-18-12-7-5-6-11(14(12)19-2)10-16-9-4-3-8-13(15)17/h5-7,16H,3-4,8-10H2,1-2H3,(H2,15,17). The Kier molecular flexibility index (Phi) is 6.74. The van der Waals surface area contributed by atoms with Crippen LogP contribution in [0.1, 0.15) is 24.8 Å². The van der Waals surface area contributed by atoms with E-state index < -0.39 is 0 Å². The Morgan fingerprint density at radius 2 is 2.05 bits per heavy atom. The maximum atomic E-state index is 10.6. The van der Waals surface area contributed by atoms with E-state index in [0.717, 1.165) is 36.4 Å². The third kappa shape index (κ3) is 5.18. The van der Waals surface area contributed by atoms with Crippen molar-refractivity contribution in [1.82, 2.24) is 5.32 Å². The summed E-state index contributed by atoms with van der Waals surface area (Å²) in [6.07, 6.45) is 2.19. The molecule has 1 amide bonds. The summed E-state index contributed by atoms with van der Waals surface area (Å²) in [4.78, 5) is 10.6. The van der Waals surface area contributed by atoms with Crippen molar-refractivity contribution in [2.75, 3.05) is 20.8 Å². The molecular weight excluding hydrogens is 244 g/mol. The monoisotopic (exact) mass is 266 g/mol. The minimum atomic E-state index is -0.241. The molecule has 0 aliphatic rings. The number of hydrogen-bond donors (Lipinski definition) is 2. The minimum absolute atomic E-state index is 0.241. The first kappa shape index (κ1) is 15.3. The summed E-state index contributed by atoms with van der Waals surface area (Å²) in [5, 5.41) is 3.31. The second kappa shape index (κ2) is 8.37. The molecule has 0 saturated heterocycles. The van der Waals surface area contributed by atoms with Gasteiger partial charge in [-0.05, 0) is 25.5 Å². The first-order valence-electron chi connectivity index (χ1n) is 6.38. The van der Waals surface area contributed by atoms with Crippen molar-refractivity contribution in [3.05, 3.63) is 23.8 Å². The average Bonchev–Trinajstić information content (AvgIpc) is 2.41. The molecular formula is C14H22N2O3. The van der Waals surface area contributed by atoms with E-state index in [1.165, 1.54) is 0 Å². The van der Waals surface area contributed by atoms with Gasteiger partial charge in [-0.1, -0.05) is 12.1 Å². The number of methoxy groups -OCH3 is 2. The Labute approximate surface area is 114 Å². The zero-order valence-electron chi connectivity index (χ0n) is 11.6. The Morgan fingerprint density at radius 1 is 1.26 bits per heavy atom. The minimum Gasteiger partial charge on any atom is -0.493 e. The summed E-state index contributed by atoms with van der Waals surface area (Å²) in [7, 11) is 3.26. The van der Waals surface area contributed by atoms with Gasteiger partial charge in [-0.2, -0.15) is 0 Å². The number of nitrogens with two attached hydrogens (primary N) is 1. The van der Waals surface area contributed by atoms with Crippen molar-refractivity contribution >= 4 is 5.91 Å². The van der Waals surface area contributed by atoms with E-state index in [0.29, 0.717) is 13.0 Å². The number of benzene rings is 1. The largest absolute Gasteiger partial charge is 0.493 e. The molecule has 1 rings (SSSR count). The molecule has 0 aromatic heterocycles. The van der Waals surface area contributed by atoms with Crippen LogP contribution < -0.4 is 20.5 Å². The van der Waals surface area contributed by atoms with Gasteiger partial charge in [0.25, 0.3) is 0 Å². The summed E-state index contributed by atoms with van der Waals surface area (Å²) in [5.74, 6) is 1.25. The molecule has 0 radical (unpaired) electrons. The van der Waals surface area contributed by atoms with Gasteiger partial charge < -0.3 is 20.5 Å². The van der Waals surface area contributed by atoms with Crippen LogP contribution in [-0.2, 0) is 11.3 Å². The van der Waals surface area contributed by atoms with Crippen molar-refractivity contribution in [3.63, 3.8) is 0 Å². The lowest BCUT2D eigenvalue weighted by atomic mass is 10.1. The Balaban J connectivity index is 2.38. The number of carbonyl (C=O) groups is 1. The second-order valence-corrected chi connectivity index (χ2v) is 4.25. The van der Waals surface area contributed by atoms with Gasteiger partial charge in [-0.25, -0.2) is 0 Å². The summed E-state index contributed by atoms with van der Waals surface area (Å²) < 4.78 is 10.6. The van der Waals surface area contributed by atoms with Crippen molar-refractivity contribution in [2.24, 2.45) is 5.73 Å². The lowest BCUT2D eigenvalue weighted by Gasteiger charge is -2.13. The van der Waals surface area contributed by atoms with E-state index in [2.05, 4.69) is 5.32 Å². The first-order valence-corrected chi connectivity index (χ1v) is 6.38. The number of primary amides is 1. The number of hydrogen-bond acceptors (Lipinski definition) is 4. The Bertz CT molecular complexity index is 408. The number of ether oxygens (including phenoxy) is 2. The molecule has 106 valence electrons. The summed E-state index contributed by atoms with van der Waals surface area (Å²) >= 11 is 0. The molecule has 0 atom stereocenters. The van der Waals surface area contributed by atoms with Crippen LogP contribution in [0.2, 0.25) is 0 Å². The smallest absolute Gasteiger partial charge is 0.217 e. The van der Waals surface area contributed by atoms with Crippen molar-refractivity contribution in [1.29, 1.82) is 0 Å². The number of amides is 1. The van der Waals surface area contributed by atoms with E-state index in [9.17, 15) is 4.79 Å². The van der Waals surface area contributed by atoms with Crippen LogP contribution in [-0.4, -0.2) is 26.7 Å². The van der Waals surface area contributed by atoms with Crippen molar-refractivity contribution in [3.8, 4) is 11.5 Å².